The fourth-order valence-electron chi connectivity index (χ4n) is 1.54. The minimum absolute atomic E-state index is 0.0576. The Morgan fingerprint density at radius 1 is 1.50 bits per heavy atom. The van der Waals surface area contributed by atoms with E-state index in [9.17, 15) is 9.59 Å². The molecule has 1 N–H and O–H groups in total. The van der Waals surface area contributed by atoms with Crippen LogP contribution >= 0.6 is 0 Å². The lowest BCUT2D eigenvalue weighted by molar-refractivity contribution is -0.131. The predicted molar refractivity (Wildman–Crippen MR) is 50.7 cm³/mol. The van der Waals surface area contributed by atoms with Gasteiger partial charge in [0, 0.05) is 32.7 Å². The monoisotopic (exact) mass is 200 g/mol. The third-order valence-electron chi connectivity index (χ3n) is 2.47. The summed E-state index contributed by atoms with van der Waals surface area (Å²) >= 11 is 0. The van der Waals surface area contributed by atoms with Crippen molar-refractivity contribution in [3.05, 3.63) is 0 Å². The highest BCUT2D eigenvalue weighted by atomic mass is 16.3. The Morgan fingerprint density at radius 2 is 2.14 bits per heavy atom. The van der Waals surface area contributed by atoms with E-state index >= 15 is 0 Å². The molecular weight excluding hydrogens is 184 g/mol. The molecule has 0 radical (unpaired) electrons. The molecule has 0 aromatic rings. The quantitative estimate of drug-likeness (QED) is 0.699. The molecule has 0 aromatic heterocycles. The van der Waals surface area contributed by atoms with E-state index in [0.717, 1.165) is 4.90 Å². The number of hydrogen-bond donors (Lipinski definition) is 1. The Hall–Kier alpha value is -1.10. The Labute approximate surface area is 83.3 Å². The number of urea groups is 1. The van der Waals surface area contributed by atoms with Crippen molar-refractivity contribution < 1.29 is 14.7 Å². The molecule has 1 rings (SSSR count). The van der Waals surface area contributed by atoms with Gasteiger partial charge in [-0.1, -0.05) is 0 Å². The zero-order valence-corrected chi connectivity index (χ0v) is 8.56. The molecule has 80 valence electrons. The average Bonchev–Trinajstić information content (AvgIpc) is 2.14. The fraction of sp³-hybridized carbons (Fsp3) is 0.778. The standard InChI is InChI=1S/C9H16N2O3/c1-7-6-8(13)10(2)9(14)11(7)4-3-5-12/h7,12H,3-6H2,1-2H3. The minimum atomic E-state index is -0.262. The topological polar surface area (TPSA) is 60.9 Å². The summed E-state index contributed by atoms with van der Waals surface area (Å²) in [6.45, 7) is 2.42. The van der Waals surface area contributed by atoms with E-state index in [4.69, 9.17) is 5.11 Å². The van der Waals surface area contributed by atoms with Gasteiger partial charge < -0.3 is 10.0 Å². The lowest BCUT2D eigenvalue weighted by atomic mass is 10.1. The highest BCUT2D eigenvalue weighted by Gasteiger charge is 2.33. The molecular formula is C9H16N2O3. The summed E-state index contributed by atoms with van der Waals surface area (Å²) in [6.07, 6.45) is 0.922. The lowest BCUT2D eigenvalue weighted by Crippen LogP contribution is -2.54. The zero-order chi connectivity index (χ0) is 10.7. The first-order chi connectivity index (χ1) is 6.57. The van der Waals surface area contributed by atoms with Crippen molar-refractivity contribution in [1.29, 1.82) is 0 Å². The van der Waals surface area contributed by atoms with Crippen molar-refractivity contribution >= 4 is 11.9 Å². The van der Waals surface area contributed by atoms with Gasteiger partial charge in [-0.25, -0.2) is 4.79 Å². The number of imide groups is 1. The van der Waals surface area contributed by atoms with Crippen LogP contribution in [0.3, 0.4) is 0 Å². The van der Waals surface area contributed by atoms with E-state index in [2.05, 4.69) is 0 Å². The number of carbonyl (C=O) groups is 2. The molecule has 1 heterocycles. The molecule has 1 saturated heterocycles. The van der Waals surface area contributed by atoms with Crippen LogP contribution in [0.5, 0.6) is 0 Å². The molecule has 0 aromatic carbocycles. The number of carbonyl (C=O) groups excluding carboxylic acids is 2. The van der Waals surface area contributed by atoms with Gasteiger partial charge in [0.25, 0.3) is 0 Å². The van der Waals surface area contributed by atoms with E-state index in [0.29, 0.717) is 19.4 Å². The van der Waals surface area contributed by atoms with Gasteiger partial charge in [-0.05, 0) is 13.3 Å². The highest BCUT2D eigenvalue weighted by molar-refractivity contribution is 5.96. The lowest BCUT2D eigenvalue weighted by Gasteiger charge is -2.37. The number of amides is 3. The van der Waals surface area contributed by atoms with Gasteiger partial charge in [0.05, 0.1) is 0 Å². The minimum Gasteiger partial charge on any atom is -0.396 e. The van der Waals surface area contributed by atoms with E-state index in [1.807, 2.05) is 6.92 Å². The van der Waals surface area contributed by atoms with Crippen LogP contribution < -0.4 is 0 Å². The van der Waals surface area contributed by atoms with Crippen LogP contribution in [0.4, 0.5) is 4.79 Å². The first kappa shape index (κ1) is 11.0. The average molecular weight is 200 g/mol. The van der Waals surface area contributed by atoms with Crippen molar-refractivity contribution in [1.82, 2.24) is 9.80 Å². The molecule has 1 unspecified atom stereocenters. The largest absolute Gasteiger partial charge is 0.396 e. The predicted octanol–water partition coefficient (Wildman–Crippen LogP) is 0.0414. The molecule has 1 fully saturated rings. The second-order valence-corrected chi connectivity index (χ2v) is 3.56. The molecule has 3 amide bonds. The third kappa shape index (κ3) is 2.04. The Bertz CT molecular complexity index is 242. The van der Waals surface area contributed by atoms with Crippen molar-refractivity contribution in [2.24, 2.45) is 0 Å². The zero-order valence-electron chi connectivity index (χ0n) is 8.56. The summed E-state index contributed by atoms with van der Waals surface area (Å²) in [6, 6.07) is -0.319. The molecule has 14 heavy (non-hydrogen) atoms. The molecule has 5 heteroatoms. The number of aliphatic hydroxyl groups is 1. The van der Waals surface area contributed by atoms with Gasteiger partial charge in [0.15, 0.2) is 0 Å². The molecule has 5 nitrogen and oxygen atoms in total. The summed E-state index contributed by atoms with van der Waals surface area (Å²) < 4.78 is 0. The SMILES string of the molecule is CC1CC(=O)N(C)C(=O)N1CCCO. The van der Waals surface area contributed by atoms with Crippen molar-refractivity contribution in [3.8, 4) is 0 Å². The van der Waals surface area contributed by atoms with Gasteiger partial charge in [0.2, 0.25) is 5.91 Å². The van der Waals surface area contributed by atoms with Crippen LogP contribution in [0, 0.1) is 0 Å². The summed E-state index contributed by atoms with van der Waals surface area (Å²) in [5.41, 5.74) is 0. The van der Waals surface area contributed by atoms with E-state index in [-0.39, 0.29) is 24.6 Å². The van der Waals surface area contributed by atoms with Crippen molar-refractivity contribution in [2.75, 3.05) is 20.2 Å². The summed E-state index contributed by atoms with van der Waals surface area (Å²) in [5.74, 6) is -0.136. The Morgan fingerprint density at radius 3 is 2.71 bits per heavy atom. The molecule has 1 aliphatic heterocycles. The summed E-state index contributed by atoms with van der Waals surface area (Å²) in [7, 11) is 1.49. The van der Waals surface area contributed by atoms with E-state index < -0.39 is 0 Å². The van der Waals surface area contributed by atoms with Gasteiger partial charge in [-0.15, -0.1) is 0 Å². The smallest absolute Gasteiger partial charge is 0.326 e. The molecule has 0 aliphatic carbocycles. The summed E-state index contributed by atoms with van der Waals surface area (Å²) in [5, 5.41) is 8.67. The highest BCUT2D eigenvalue weighted by Crippen LogP contribution is 2.15. The molecule has 1 aliphatic rings. The molecule has 1 atom stereocenters. The molecule has 0 spiro atoms. The first-order valence-electron chi connectivity index (χ1n) is 4.76. The van der Waals surface area contributed by atoms with Crippen LogP contribution in [0.1, 0.15) is 19.8 Å². The Balaban J connectivity index is 2.64. The van der Waals surface area contributed by atoms with Crippen LogP contribution in [0.15, 0.2) is 0 Å². The van der Waals surface area contributed by atoms with Crippen molar-refractivity contribution in [2.45, 2.75) is 25.8 Å². The Kier molecular flexibility index (Phi) is 3.46. The van der Waals surface area contributed by atoms with Gasteiger partial charge >= 0.3 is 6.03 Å². The normalized spacial score (nSPS) is 23.2. The maximum absolute atomic E-state index is 11.6. The van der Waals surface area contributed by atoms with Crippen molar-refractivity contribution in [3.63, 3.8) is 0 Å². The number of nitrogens with zero attached hydrogens (tertiary/aromatic N) is 2. The second kappa shape index (κ2) is 4.41. The van der Waals surface area contributed by atoms with Crippen LogP contribution in [-0.4, -0.2) is 53.1 Å². The first-order valence-corrected chi connectivity index (χ1v) is 4.76. The third-order valence-corrected chi connectivity index (χ3v) is 2.47. The van der Waals surface area contributed by atoms with Crippen LogP contribution in [0.2, 0.25) is 0 Å². The van der Waals surface area contributed by atoms with Gasteiger partial charge in [0.1, 0.15) is 0 Å². The summed E-state index contributed by atoms with van der Waals surface area (Å²) in [4.78, 5) is 25.6. The number of hydrogen-bond acceptors (Lipinski definition) is 3. The second-order valence-electron chi connectivity index (χ2n) is 3.56. The van der Waals surface area contributed by atoms with E-state index in [1.54, 1.807) is 4.90 Å². The number of rotatable bonds is 3. The fourth-order valence-corrected chi connectivity index (χ4v) is 1.54. The van der Waals surface area contributed by atoms with Gasteiger partial charge in [-0.2, -0.15) is 0 Å². The molecule has 0 saturated carbocycles. The maximum Gasteiger partial charge on any atom is 0.326 e. The van der Waals surface area contributed by atoms with Crippen LogP contribution in [-0.2, 0) is 4.79 Å². The van der Waals surface area contributed by atoms with Crippen LogP contribution in [0.25, 0.3) is 0 Å². The maximum atomic E-state index is 11.6. The number of aliphatic hydroxyl groups excluding tert-OH is 1. The van der Waals surface area contributed by atoms with E-state index in [1.165, 1.54) is 7.05 Å². The molecule has 0 bridgehead atoms. The van der Waals surface area contributed by atoms with Gasteiger partial charge in [-0.3, -0.25) is 9.69 Å².